The van der Waals surface area contributed by atoms with Crippen LogP contribution in [0.3, 0.4) is 0 Å². The van der Waals surface area contributed by atoms with Crippen LogP contribution in [0.25, 0.3) is 0 Å². The number of carbonyl (C=O) groups is 1. The van der Waals surface area contributed by atoms with Gasteiger partial charge in [-0.3, -0.25) is 19.8 Å². The largest absolute Gasteiger partial charge is 0.489 e. The van der Waals surface area contributed by atoms with Crippen LogP contribution in [0.2, 0.25) is 10.0 Å². The molecule has 1 heterocycles. The van der Waals surface area contributed by atoms with E-state index in [1.165, 1.54) is 18.2 Å². The highest BCUT2D eigenvalue weighted by molar-refractivity contribution is 6.33. The zero-order chi connectivity index (χ0) is 29.4. The van der Waals surface area contributed by atoms with Crippen LogP contribution in [0.1, 0.15) is 47.4 Å². The summed E-state index contributed by atoms with van der Waals surface area (Å²) in [6.07, 6.45) is 1.39. The van der Waals surface area contributed by atoms with E-state index in [-0.39, 0.29) is 40.2 Å². The number of aryl methyl sites for hydroxylation is 1. The molecule has 1 aliphatic carbocycles. The van der Waals surface area contributed by atoms with Crippen molar-refractivity contribution in [2.45, 2.75) is 45.6 Å². The Labute approximate surface area is 247 Å². The number of nitriles is 1. The molecule has 2 N–H and O–H groups in total. The van der Waals surface area contributed by atoms with Crippen molar-refractivity contribution in [2.24, 2.45) is 5.73 Å². The number of allylic oxidation sites excluding steroid dienone is 3. The third-order valence-electron chi connectivity index (χ3n) is 7.51. The van der Waals surface area contributed by atoms with E-state index in [1.807, 2.05) is 26.0 Å². The van der Waals surface area contributed by atoms with Gasteiger partial charge in [-0.05, 0) is 73.7 Å². The molecule has 0 aromatic heterocycles. The number of halogens is 2. The van der Waals surface area contributed by atoms with Gasteiger partial charge in [0, 0.05) is 34.8 Å². The number of carbonyl (C=O) groups excluding carboxylic acids is 1. The lowest BCUT2D eigenvalue weighted by molar-refractivity contribution is -0.384. The van der Waals surface area contributed by atoms with Crippen molar-refractivity contribution in [2.75, 3.05) is 4.90 Å². The lowest BCUT2D eigenvalue weighted by Gasteiger charge is -2.40. The Morgan fingerprint density at radius 3 is 2.54 bits per heavy atom. The molecule has 10 heteroatoms. The number of ether oxygens (including phenoxy) is 1. The van der Waals surface area contributed by atoms with Crippen molar-refractivity contribution < 1.29 is 14.5 Å². The summed E-state index contributed by atoms with van der Waals surface area (Å²) in [6, 6.07) is 17.4. The number of benzene rings is 3. The van der Waals surface area contributed by atoms with E-state index in [0.29, 0.717) is 41.3 Å². The van der Waals surface area contributed by atoms with Gasteiger partial charge < -0.3 is 10.5 Å². The number of non-ortho nitro benzene ring substituents is 1. The van der Waals surface area contributed by atoms with E-state index >= 15 is 0 Å². The monoisotopic (exact) mass is 588 g/mol. The average Bonchev–Trinajstić information content (AvgIpc) is 2.94. The lowest BCUT2D eigenvalue weighted by Crippen LogP contribution is -2.39. The Hall–Kier alpha value is -4.32. The molecule has 0 bridgehead atoms. The molecular weight excluding hydrogens is 563 g/mol. The molecule has 0 amide bonds. The van der Waals surface area contributed by atoms with Crippen molar-refractivity contribution in [1.82, 2.24) is 0 Å². The number of Topliss-reactive ketones (excluding diaryl/α,β-unsaturated/α-hetero) is 1. The molecule has 3 aromatic carbocycles. The molecule has 1 aliphatic heterocycles. The second-order valence-corrected chi connectivity index (χ2v) is 10.9. The van der Waals surface area contributed by atoms with Crippen LogP contribution in [0, 0.1) is 35.3 Å². The van der Waals surface area contributed by atoms with Gasteiger partial charge in [-0.15, -0.1) is 0 Å². The summed E-state index contributed by atoms with van der Waals surface area (Å²) in [5.41, 5.74) is 11.5. The number of nitrogens with two attached hydrogens (primary N) is 1. The minimum absolute atomic E-state index is 0.0909. The Morgan fingerprint density at radius 2 is 1.85 bits per heavy atom. The van der Waals surface area contributed by atoms with Crippen LogP contribution in [0.4, 0.5) is 11.4 Å². The quantitative estimate of drug-likeness (QED) is 0.235. The molecule has 5 rings (SSSR count). The van der Waals surface area contributed by atoms with Gasteiger partial charge in [0.25, 0.3) is 5.69 Å². The summed E-state index contributed by atoms with van der Waals surface area (Å²) in [5.74, 6) is -0.0462. The van der Waals surface area contributed by atoms with E-state index < -0.39 is 10.8 Å². The molecule has 0 saturated heterocycles. The Morgan fingerprint density at radius 1 is 1.12 bits per heavy atom. The van der Waals surface area contributed by atoms with E-state index in [9.17, 15) is 20.2 Å². The van der Waals surface area contributed by atoms with Gasteiger partial charge in [0.1, 0.15) is 18.2 Å². The number of ketones is 1. The highest BCUT2D eigenvalue weighted by atomic mass is 35.5. The van der Waals surface area contributed by atoms with Crippen molar-refractivity contribution in [1.29, 1.82) is 5.26 Å². The number of rotatable bonds is 6. The fourth-order valence-electron chi connectivity index (χ4n) is 5.56. The Balaban J connectivity index is 1.66. The molecule has 0 saturated carbocycles. The summed E-state index contributed by atoms with van der Waals surface area (Å²) >= 11 is 12.5. The second-order valence-electron chi connectivity index (χ2n) is 10.1. The van der Waals surface area contributed by atoms with Crippen molar-refractivity contribution in [3.63, 3.8) is 0 Å². The van der Waals surface area contributed by atoms with Crippen LogP contribution in [0.5, 0.6) is 5.75 Å². The van der Waals surface area contributed by atoms with E-state index in [4.69, 9.17) is 33.7 Å². The predicted molar refractivity (Wildman–Crippen MR) is 158 cm³/mol. The Kier molecular flexibility index (Phi) is 7.76. The van der Waals surface area contributed by atoms with Crippen LogP contribution in [-0.2, 0) is 11.4 Å². The Bertz CT molecular complexity index is 1690. The topological polar surface area (TPSA) is 122 Å². The fourth-order valence-corrected chi connectivity index (χ4v) is 5.89. The van der Waals surface area contributed by atoms with Gasteiger partial charge >= 0.3 is 0 Å². The highest BCUT2D eigenvalue weighted by Crippen LogP contribution is 2.49. The van der Waals surface area contributed by atoms with E-state index in [0.717, 1.165) is 22.3 Å². The number of hydrogen-bond acceptors (Lipinski definition) is 7. The highest BCUT2D eigenvalue weighted by Gasteiger charge is 2.41. The normalized spacial score (nSPS) is 16.9. The van der Waals surface area contributed by atoms with Gasteiger partial charge in [0.05, 0.1) is 33.2 Å². The molecule has 0 radical (unpaired) electrons. The van der Waals surface area contributed by atoms with Gasteiger partial charge in [-0.25, -0.2) is 0 Å². The number of nitro groups is 1. The van der Waals surface area contributed by atoms with Crippen molar-refractivity contribution in [3.8, 4) is 11.8 Å². The maximum atomic E-state index is 13.6. The molecule has 1 unspecified atom stereocenters. The number of nitrogens with zero attached hydrogens (tertiary/aromatic N) is 3. The standard InChI is InChI=1S/C31H26Cl2N4O4/c1-17-12-19(16-41-22-9-6-20(32)7-10-22)18(2)23(13-17)29-24(15-34)31(35)36(26-4-3-5-28(38)30(26)29)27-14-21(37(39)40)8-11-25(27)33/h6-14,29H,3-5,16,35H2,1-2H3. The van der Waals surface area contributed by atoms with Gasteiger partial charge in [-0.1, -0.05) is 40.9 Å². The molecule has 0 fully saturated rings. The van der Waals surface area contributed by atoms with Gasteiger partial charge in [0.2, 0.25) is 0 Å². The first-order valence-electron chi connectivity index (χ1n) is 13.0. The zero-order valence-corrected chi connectivity index (χ0v) is 23.9. The number of nitro benzene ring substituents is 1. The number of anilines is 1. The average molecular weight is 589 g/mol. The first kappa shape index (κ1) is 28.2. The maximum Gasteiger partial charge on any atom is 0.271 e. The minimum Gasteiger partial charge on any atom is -0.489 e. The molecule has 0 spiro atoms. The maximum absolute atomic E-state index is 13.6. The first-order valence-corrected chi connectivity index (χ1v) is 13.7. The summed E-state index contributed by atoms with van der Waals surface area (Å²) in [7, 11) is 0. The van der Waals surface area contributed by atoms with Crippen LogP contribution < -0.4 is 15.4 Å². The summed E-state index contributed by atoms with van der Waals surface area (Å²) in [4.78, 5) is 26.2. The molecule has 1 atom stereocenters. The lowest BCUT2D eigenvalue weighted by atomic mass is 9.73. The summed E-state index contributed by atoms with van der Waals surface area (Å²) in [6.45, 7) is 4.16. The van der Waals surface area contributed by atoms with E-state index in [1.54, 1.807) is 29.2 Å². The molecular formula is C31H26Cl2N4O4. The molecule has 8 nitrogen and oxygen atoms in total. The molecule has 3 aromatic rings. The van der Waals surface area contributed by atoms with E-state index in [2.05, 4.69) is 6.07 Å². The van der Waals surface area contributed by atoms with Crippen molar-refractivity contribution >= 4 is 40.4 Å². The third-order valence-corrected chi connectivity index (χ3v) is 8.09. The van der Waals surface area contributed by atoms with Crippen LogP contribution >= 0.6 is 23.2 Å². The molecule has 208 valence electrons. The van der Waals surface area contributed by atoms with Crippen molar-refractivity contribution in [3.05, 3.63) is 120 Å². The zero-order valence-electron chi connectivity index (χ0n) is 22.4. The number of hydrogen-bond donors (Lipinski definition) is 1. The predicted octanol–water partition coefficient (Wildman–Crippen LogP) is 7.40. The summed E-state index contributed by atoms with van der Waals surface area (Å²) in [5, 5.41) is 22.8. The van der Waals surface area contributed by atoms with Gasteiger partial charge in [0.15, 0.2) is 5.78 Å². The smallest absolute Gasteiger partial charge is 0.271 e. The third kappa shape index (κ3) is 5.26. The second kappa shape index (κ2) is 11.3. The fraction of sp³-hybridized carbons (Fsp3) is 0.226. The van der Waals surface area contributed by atoms with Crippen LogP contribution in [0.15, 0.2) is 77.3 Å². The molecule has 2 aliphatic rings. The minimum atomic E-state index is -0.703. The molecule has 41 heavy (non-hydrogen) atoms. The van der Waals surface area contributed by atoms with Gasteiger partial charge in [-0.2, -0.15) is 5.26 Å². The first-order chi connectivity index (χ1) is 19.6. The summed E-state index contributed by atoms with van der Waals surface area (Å²) < 4.78 is 6.03. The SMILES string of the molecule is Cc1cc(COc2ccc(Cl)cc2)c(C)c(C2C(C#N)=C(N)N(c3cc([N+](=O)[O-])ccc3Cl)C3=C2C(=O)CCC3)c1. The van der Waals surface area contributed by atoms with Crippen LogP contribution in [-0.4, -0.2) is 10.7 Å².